The first-order valence-corrected chi connectivity index (χ1v) is 15.5. The maximum atomic E-state index is 13.3. The number of fused-ring (bicyclic) bond motifs is 1. The summed E-state index contributed by atoms with van der Waals surface area (Å²) in [5, 5.41) is 27.3. The van der Waals surface area contributed by atoms with Gasteiger partial charge in [0.25, 0.3) is 0 Å². The van der Waals surface area contributed by atoms with E-state index in [-0.39, 0.29) is 23.0 Å². The number of piperidine rings is 1. The third-order valence-corrected chi connectivity index (χ3v) is 8.17. The van der Waals surface area contributed by atoms with Gasteiger partial charge in [0.05, 0.1) is 24.6 Å². The molecular formula is C33H44N10O2. The van der Waals surface area contributed by atoms with Crippen molar-refractivity contribution in [1.29, 1.82) is 10.8 Å². The maximum absolute atomic E-state index is 13.3. The van der Waals surface area contributed by atoms with Crippen LogP contribution < -0.4 is 26.6 Å². The Labute approximate surface area is 264 Å². The Kier molecular flexibility index (Phi) is 9.40. The van der Waals surface area contributed by atoms with Gasteiger partial charge in [-0.05, 0) is 55.4 Å². The van der Waals surface area contributed by atoms with Gasteiger partial charge in [0, 0.05) is 37.3 Å². The zero-order valence-electron chi connectivity index (χ0n) is 26.5. The first-order chi connectivity index (χ1) is 21.5. The summed E-state index contributed by atoms with van der Waals surface area (Å²) in [6, 6.07) is 10.8. The van der Waals surface area contributed by atoms with Crippen molar-refractivity contribution in [3.63, 3.8) is 0 Å². The van der Waals surface area contributed by atoms with Crippen molar-refractivity contribution < 1.29 is 9.53 Å². The van der Waals surface area contributed by atoms with Crippen molar-refractivity contribution in [2.24, 2.45) is 23.2 Å². The van der Waals surface area contributed by atoms with E-state index in [1.807, 2.05) is 49.9 Å². The molecule has 3 heterocycles. The van der Waals surface area contributed by atoms with Crippen molar-refractivity contribution in [3.8, 4) is 5.75 Å². The highest BCUT2D eigenvalue weighted by atomic mass is 16.5. The number of aliphatic imine (C=N–C) groups is 1. The van der Waals surface area contributed by atoms with Crippen LogP contribution in [0.15, 0.2) is 71.8 Å². The summed E-state index contributed by atoms with van der Waals surface area (Å²) in [6.45, 7) is 7.64. The molecule has 3 aromatic rings. The summed E-state index contributed by atoms with van der Waals surface area (Å²) in [4.78, 5) is 19.9. The van der Waals surface area contributed by atoms with Gasteiger partial charge in [-0.25, -0.2) is 9.79 Å². The molecule has 5 rings (SSSR count). The van der Waals surface area contributed by atoms with Gasteiger partial charge >= 0.3 is 6.03 Å². The number of aryl methyl sites for hydroxylation is 1. The lowest BCUT2D eigenvalue weighted by molar-refractivity contribution is 0.171. The predicted molar refractivity (Wildman–Crippen MR) is 174 cm³/mol. The second kappa shape index (κ2) is 13.4. The van der Waals surface area contributed by atoms with Crippen LogP contribution in [0, 0.1) is 16.2 Å². The van der Waals surface area contributed by atoms with Crippen LogP contribution in [-0.2, 0) is 7.05 Å². The largest absolute Gasteiger partial charge is 0.484 e. The first kappa shape index (κ1) is 31.6. The van der Waals surface area contributed by atoms with E-state index in [1.54, 1.807) is 53.1 Å². The smallest absolute Gasteiger partial charge is 0.320 e. The number of amidine groups is 1. The zero-order chi connectivity index (χ0) is 32.1. The second-order valence-electron chi connectivity index (χ2n) is 12.7. The summed E-state index contributed by atoms with van der Waals surface area (Å²) in [6.07, 6.45) is 11.2. The minimum atomic E-state index is -0.391. The van der Waals surface area contributed by atoms with Crippen molar-refractivity contribution in [3.05, 3.63) is 83.4 Å². The van der Waals surface area contributed by atoms with E-state index in [4.69, 9.17) is 21.3 Å². The topological polar surface area (TPSA) is 162 Å². The molecule has 0 radical (unpaired) electrons. The van der Waals surface area contributed by atoms with Gasteiger partial charge in [-0.15, -0.1) is 0 Å². The number of aromatic nitrogens is 3. The lowest BCUT2D eigenvalue weighted by Gasteiger charge is -2.33. The molecule has 0 spiro atoms. The number of rotatable bonds is 5. The molecule has 1 fully saturated rings. The molecule has 2 amide bonds. The van der Waals surface area contributed by atoms with Gasteiger partial charge in [-0.3, -0.25) is 25.4 Å². The van der Waals surface area contributed by atoms with Crippen molar-refractivity contribution in [2.45, 2.75) is 65.0 Å². The van der Waals surface area contributed by atoms with E-state index in [1.165, 1.54) is 6.42 Å². The Bertz CT molecular complexity index is 1660. The van der Waals surface area contributed by atoms with Gasteiger partial charge in [0.15, 0.2) is 0 Å². The Morgan fingerprint density at radius 3 is 2.51 bits per heavy atom. The average Bonchev–Trinajstić information content (AvgIpc) is 3.42. The number of hydrogen-bond donors (Lipinski definition) is 5. The number of carbonyl (C=O) groups is 1. The highest BCUT2D eigenvalue weighted by Crippen LogP contribution is 2.38. The third kappa shape index (κ3) is 7.81. The van der Waals surface area contributed by atoms with E-state index in [9.17, 15) is 4.79 Å². The van der Waals surface area contributed by atoms with Crippen LogP contribution in [0.1, 0.15) is 76.1 Å². The van der Waals surface area contributed by atoms with Gasteiger partial charge in [0.2, 0.25) is 5.96 Å². The van der Waals surface area contributed by atoms with Gasteiger partial charge in [-0.1, -0.05) is 45.0 Å². The van der Waals surface area contributed by atoms with E-state index in [2.05, 4.69) is 20.7 Å². The van der Waals surface area contributed by atoms with Crippen molar-refractivity contribution in [2.75, 3.05) is 13.1 Å². The van der Waals surface area contributed by atoms with Crippen LogP contribution in [0.2, 0.25) is 0 Å². The Hall–Kier alpha value is -4.87. The van der Waals surface area contributed by atoms with Crippen LogP contribution in [-0.4, -0.2) is 50.2 Å². The van der Waals surface area contributed by atoms with Crippen LogP contribution in [0.25, 0.3) is 0 Å². The zero-order valence-corrected chi connectivity index (χ0v) is 26.5. The minimum Gasteiger partial charge on any atom is -0.484 e. The first-order valence-electron chi connectivity index (χ1n) is 15.5. The Balaban J connectivity index is 1.31. The SMILES string of the molecule is Cn1cc(N=C(/C=C(\N)C(C)(C)C)NC(=O)N[C@H]2CC[C@@H](Oc3ccc(=N)n(C(=N)N4CCCCC4)c3)c3ccccc32)cn1. The van der Waals surface area contributed by atoms with E-state index >= 15 is 0 Å². The number of benzene rings is 1. The van der Waals surface area contributed by atoms with Crippen molar-refractivity contribution in [1.82, 2.24) is 29.9 Å². The molecule has 12 nitrogen and oxygen atoms in total. The van der Waals surface area contributed by atoms with Crippen molar-refractivity contribution >= 4 is 23.5 Å². The average molecular weight is 613 g/mol. The summed E-state index contributed by atoms with van der Waals surface area (Å²) >= 11 is 0. The third-order valence-electron chi connectivity index (χ3n) is 8.17. The number of amides is 2. The van der Waals surface area contributed by atoms with E-state index in [0.29, 0.717) is 41.8 Å². The van der Waals surface area contributed by atoms with Crippen LogP contribution in [0.5, 0.6) is 5.75 Å². The summed E-state index contributed by atoms with van der Waals surface area (Å²) in [5.74, 6) is 1.21. The van der Waals surface area contributed by atoms with E-state index < -0.39 is 6.03 Å². The molecule has 1 aliphatic heterocycles. The lowest BCUT2D eigenvalue weighted by atomic mass is 9.85. The fourth-order valence-corrected chi connectivity index (χ4v) is 5.55. The highest BCUT2D eigenvalue weighted by molar-refractivity contribution is 6.05. The molecule has 1 aromatic carbocycles. The number of pyridine rings is 1. The fourth-order valence-electron chi connectivity index (χ4n) is 5.55. The monoisotopic (exact) mass is 612 g/mol. The van der Waals surface area contributed by atoms with Crippen LogP contribution in [0.3, 0.4) is 0 Å². The maximum Gasteiger partial charge on any atom is 0.320 e. The summed E-state index contributed by atoms with van der Waals surface area (Å²) in [5.41, 5.74) is 9.41. The van der Waals surface area contributed by atoms with Gasteiger partial charge in [-0.2, -0.15) is 5.10 Å². The quantitative estimate of drug-likeness (QED) is 0.205. The van der Waals surface area contributed by atoms with E-state index in [0.717, 1.165) is 37.1 Å². The number of ether oxygens (including phenoxy) is 1. The molecule has 1 saturated heterocycles. The number of allylic oxidation sites excluding steroid dienone is 1. The molecule has 2 aliphatic rings. The predicted octanol–water partition coefficient (Wildman–Crippen LogP) is 4.84. The lowest BCUT2D eigenvalue weighted by Crippen LogP contribution is -2.43. The molecule has 0 bridgehead atoms. The molecule has 2 atom stereocenters. The van der Waals surface area contributed by atoms with Gasteiger partial charge < -0.3 is 20.7 Å². The summed E-state index contributed by atoms with van der Waals surface area (Å²) in [7, 11) is 1.80. The van der Waals surface area contributed by atoms with Crippen LogP contribution in [0.4, 0.5) is 10.5 Å². The molecule has 6 N–H and O–H groups in total. The number of nitrogens with one attached hydrogen (secondary N) is 4. The Morgan fingerprint density at radius 1 is 1.09 bits per heavy atom. The van der Waals surface area contributed by atoms with Gasteiger partial charge in [0.1, 0.15) is 28.9 Å². The molecule has 0 saturated carbocycles. The number of hydrogen-bond acceptors (Lipinski definition) is 7. The normalized spacial score (nSPS) is 19.1. The molecular weight excluding hydrogens is 568 g/mol. The molecule has 12 heteroatoms. The number of nitrogens with zero attached hydrogens (tertiary/aromatic N) is 5. The fraction of sp³-hybridized carbons (Fsp3) is 0.424. The Morgan fingerprint density at radius 2 is 1.82 bits per heavy atom. The molecule has 0 unspecified atom stereocenters. The molecule has 45 heavy (non-hydrogen) atoms. The standard InChI is InChI=1S/C33H44N10O2/c1-33(2,3)28(34)18-30(38-22-19-37-41(4)20-22)40-32(44)39-26-13-14-27(25-11-7-6-10-24(25)26)45-23-12-15-29(35)43(21-23)31(36)42-16-8-5-9-17-42/h6-7,10-12,15,18-21,26-27,35-36H,5,8-9,13-14,16-17,34H2,1-4H3,(H2,38,39,40,44)/b28-18-,35-29?,36-31?/t26-,27+/m0/s1. The number of likely N-dealkylation sites (tertiary alicyclic amines) is 1. The number of urea groups is 1. The molecule has 1 aliphatic carbocycles. The number of carbonyl (C=O) groups excluding carboxylic acids is 1. The minimum absolute atomic E-state index is 0.238. The number of nitrogens with two attached hydrogens (primary N) is 1. The molecule has 238 valence electrons. The highest BCUT2D eigenvalue weighted by Gasteiger charge is 2.30. The van der Waals surface area contributed by atoms with Crippen LogP contribution >= 0.6 is 0 Å². The summed E-state index contributed by atoms with van der Waals surface area (Å²) < 4.78 is 9.70. The second-order valence-corrected chi connectivity index (χ2v) is 12.7. The molecule has 2 aromatic heterocycles.